The highest BCUT2D eigenvalue weighted by atomic mass is 19.4. The average Bonchev–Trinajstić information content (AvgIpc) is 2.61. The molecule has 0 heterocycles. The molecule has 1 atom stereocenters. The normalized spacial score (nSPS) is 11.9. The molecule has 0 bridgehead atoms. The Kier molecular flexibility index (Phi) is 5.97. The van der Waals surface area contributed by atoms with Crippen LogP contribution in [0, 0.1) is 21.4 Å². The van der Waals surface area contributed by atoms with Crippen molar-refractivity contribution < 1.29 is 27.6 Å². The van der Waals surface area contributed by atoms with E-state index in [-0.39, 0.29) is 12.2 Å². The van der Waals surface area contributed by atoms with Crippen LogP contribution in [0.25, 0.3) is 0 Å². The first-order chi connectivity index (χ1) is 12.7. The van der Waals surface area contributed by atoms with Crippen LogP contribution in [0.15, 0.2) is 48.5 Å². The molecule has 140 valence electrons. The number of rotatable bonds is 6. The number of carbonyl (C=O) groups is 1. The fourth-order valence-corrected chi connectivity index (χ4v) is 2.25. The molecule has 7 nitrogen and oxygen atoms in total. The summed E-state index contributed by atoms with van der Waals surface area (Å²) in [5.74, 6) is -2.70. The first-order valence-corrected chi connectivity index (χ1v) is 7.44. The highest BCUT2D eigenvalue weighted by Gasteiger charge is 2.32. The molecular formula is C17H12F3N3O4. The number of nitriles is 1. The van der Waals surface area contributed by atoms with Gasteiger partial charge in [0.05, 0.1) is 16.6 Å². The van der Waals surface area contributed by atoms with E-state index in [0.29, 0.717) is 11.6 Å². The quantitative estimate of drug-likeness (QED) is 0.353. The minimum Gasteiger partial charge on any atom is -0.460 e. The minimum atomic E-state index is -4.79. The number of nitrogens with zero attached hydrogens (tertiary/aromatic N) is 2. The van der Waals surface area contributed by atoms with Gasteiger partial charge in [-0.3, -0.25) is 20.2 Å². The molecule has 0 aliphatic rings. The van der Waals surface area contributed by atoms with Crippen LogP contribution in [0.4, 0.5) is 24.5 Å². The van der Waals surface area contributed by atoms with Gasteiger partial charge < -0.3 is 4.74 Å². The van der Waals surface area contributed by atoms with Gasteiger partial charge in [-0.2, -0.15) is 18.4 Å². The van der Waals surface area contributed by atoms with E-state index in [4.69, 9.17) is 4.74 Å². The first kappa shape index (κ1) is 19.7. The standard InChI is InChI=1S/C17H12F3N3O4/c18-17(19,20)22-12-6-7-13(15(8-12)23(25)26)14(9-21)16(24)27-10-11-4-2-1-3-5-11/h1-8,14,22H,10H2. The van der Waals surface area contributed by atoms with Crippen molar-refractivity contribution in [3.8, 4) is 6.07 Å². The predicted octanol–water partition coefficient (Wildman–Crippen LogP) is 3.88. The van der Waals surface area contributed by atoms with E-state index in [1.807, 2.05) is 0 Å². The smallest absolute Gasteiger partial charge is 0.460 e. The van der Waals surface area contributed by atoms with Gasteiger partial charge in [0.25, 0.3) is 5.69 Å². The summed E-state index contributed by atoms with van der Waals surface area (Å²) in [5.41, 5.74) is -1.10. The molecule has 27 heavy (non-hydrogen) atoms. The van der Waals surface area contributed by atoms with Crippen molar-refractivity contribution in [2.45, 2.75) is 18.8 Å². The van der Waals surface area contributed by atoms with Crippen molar-refractivity contribution in [1.29, 1.82) is 5.26 Å². The lowest BCUT2D eigenvalue weighted by molar-refractivity contribution is -0.385. The second-order valence-electron chi connectivity index (χ2n) is 5.31. The molecular weight excluding hydrogens is 367 g/mol. The van der Waals surface area contributed by atoms with Crippen LogP contribution in [-0.2, 0) is 16.1 Å². The molecule has 0 amide bonds. The molecule has 0 fully saturated rings. The third-order valence-corrected chi connectivity index (χ3v) is 3.41. The largest absolute Gasteiger partial charge is 0.482 e. The predicted molar refractivity (Wildman–Crippen MR) is 87.4 cm³/mol. The molecule has 10 heteroatoms. The molecule has 0 saturated heterocycles. The van der Waals surface area contributed by atoms with Crippen LogP contribution in [0.5, 0.6) is 0 Å². The van der Waals surface area contributed by atoms with E-state index < -0.39 is 34.5 Å². The number of ether oxygens (including phenoxy) is 1. The molecule has 1 N–H and O–H groups in total. The van der Waals surface area contributed by atoms with E-state index >= 15 is 0 Å². The second kappa shape index (κ2) is 8.18. The Bertz CT molecular complexity index is 879. The zero-order valence-corrected chi connectivity index (χ0v) is 13.6. The minimum absolute atomic E-state index is 0.153. The lowest BCUT2D eigenvalue weighted by Crippen LogP contribution is -2.21. The van der Waals surface area contributed by atoms with E-state index in [9.17, 15) is 33.3 Å². The summed E-state index contributed by atoms with van der Waals surface area (Å²) in [5, 5.41) is 21.6. The maximum absolute atomic E-state index is 12.4. The number of halogens is 3. The lowest BCUT2D eigenvalue weighted by atomic mass is 9.98. The summed E-state index contributed by atoms with van der Waals surface area (Å²) in [6.45, 7) is -0.153. The average molecular weight is 379 g/mol. The number of carbonyl (C=O) groups excluding carboxylic acids is 1. The van der Waals surface area contributed by atoms with Crippen molar-refractivity contribution in [3.63, 3.8) is 0 Å². The van der Waals surface area contributed by atoms with Gasteiger partial charge >= 0.3 is 12.3 Å². The van der Waals surface area contributed by atoms with Gasteiger partial charge in [-0.05, 0) is 17.7 Å². The van der Waals surface area contributed by atoms with Crippen LogP contribution in [-0.4, -0.2) is 17.2 Å². The summed E-state index contributed by atoms with van der Waals surface area (Å²) in [6.07, 6.45) is -4.79. The molecule has 0 aromatic heterocycles. The summed E-state index contributed by atoms with van der Waals surface area (Å²) < 4.78 is 42.1. The zero-order chi connectivity index (χ0) is 20.0. The lowest BCUT2D eigenvalue weighted by Gasteiger charge is -2.13. The number of hydrogen-bond donors (Lipinski definition) is 1. The zero-order valence-electron chi connectivity index (χ0n) is 13.6. The number of anilines is 1. The molecule has 0 aliphatic carbocycles. The SMILES string of the molecule is N#CC(C(=O)OCc1ccccc1)c1ccc(NC(F)(F)F)cc1[N+](=O)[O-]. The number of esters is 1. The molecule has 2 aromatic carbocycles. The monoisotopic (exact) mass is 379 g/mol. The van der Waals surface area contributed by atoms with Gasteiger partial charge in [0, 0.05) is 11.8 Å². The third-order valence-electron chi connectivity index (χ3n) is 3.41. The number of benzene rings is 2. The molecule has 0 aliphatic heterocycles. The fraction of sp³-hybridized carbons (Fsp3) is 0.176. The second-order valence-corrected chi connectivity index (χ2v) is 5.31. The summed E-state index contributed by atoms with van der Waals surface area (Å²) in [6, 6.07) is 12.5. The Morgan fingerprint density at radius 2 is 1.93 bits per heavy atom. The van der Waals surface area contributed by atoms with Crippen LogP contribution in [0.1, 0.15) is 17.0 Å². The summed E-state index contributed by atoms with van der Waals surface area (Å²) >= 11 is 0. The van der Waals surface area contributed by atoms with Crippen molar-refractivity contribution in [2.75, 3.05) is 5.32 Å². The van der Waals surface area contributed by atoms with Gasteiger partial charge in [-0.25, -0.2) is 0 Å². The molecule has 1 unspecified atom stereocenters. The first-order valence-electron chi connectivity index (χ1n) is 7.44. The Morgan fingerprint density at radius 1 is 1.26 bits per heavy atom. The van der Waals surface area contributed by atoms with E-state index in [0.717, 1.165) is 17.4 Å². The van der Waals surface area contributed by atoms with Gasteiger partial charge in [0.1, 0.15) is 6.61 Å². The van der Waals surface area contributed by atoms with Gasteiger partial charge in [0.15, 0.2) is 5.92 Å². The van der Waals surface area contributed by atoms with Crippen LogP contribution in [0.3, 0.4) is 0 Å². The third kappa shape index (κ3) is 5.43. The highest BCUT2D eigenvalue weighted by molar-refractivity contribution is 5.83. The van der Waals surface area contributed by atoms with Crippen molar-refractivity contribution in [1.82, 2.24) is 0 Å². The fourth-order valence-electron chi connectivity index (χ4n) is 2.25. The summed E-state index contributed by atoms with van der Waals surface area (Å²) in [7, 11) is 0. The van der Waals surface area contributed by atoms with Crippen LogP contribution < -0.4 is 5.32 Å². The Balaban J connectivity index is 2.25. The van der Waals surface area contributed by atoms with E-state index in [1.165, 1.54) is 0 Å². The molecule has 2 aromatic rings. The Labute approximate surface area is 151 Å². The van der Waals surface area contributed by atoms with Gasteiger partial charge in [0.2, 0.25) is 0 Å². The van der Waals surface area contributed by atoms with Crippen LogP contribution in [0.2, 0.25) is 0 Å². The number of hydrogen-bond acceptors (Lipinski definition) is 6. The molecule has 0 radical (unpaired) electrons. The van der Waals surface area contributed by atoms with Gasteiger partial charge in [-0.1, -0.05) is 30.3 Å². The topological polar surface area (TPSA) is 105 Å². The highest BCUT2D eigenvalue weighted by Crippen LogP contribution is 2.32. The maximum atomic E-state index is 12.4. The number of nitrogens with one attached hydrogen (secondary N) is 1. The molecule has 2 rings (SSSR count). The Morgan fingerprint density at radius 3 is 2.48 bits per heavy atom. The molecule has 0 spiro atoms. The van der Waals surface area contributed by atoms with Crippen LogP contribution >= 0.6 is 0 Å². The van der Waals surface area contributed by atoms with E-state index in [2.05, 4.69) is 0 Å². The summed E-state index contributed by atoms with van der Waals surface area (Å²) in [4.78, 5) is 22.4. The maximum Gasteiger partial charge on any atom is 0.482 e. The van der Waals surface area contributed by atoms with Gasteiger partial charge in [-0.15, -0.1) is 0 Å². The Hall–Kier alpha value is -3.61. The van der Waals surface area contributed by atoms with Crippen molar-refractivity contribution in [2.24, 2.45) is 0 Å². The molecule has 0 saturated carbocycles. The van der Waals surface area contributed by atoms with Crippen molar-refractivity contribution >= 4 is 17.3 Å². The number of nitro benzene ring substituents is 1. The van der Waals surface area contributed by atoms with Crippen molar-refractivity contribution in [3.05, 3.63) is 69.8 Å². The van der Waals surface area contributed by atoms with E-state index in [1.54, 1.807) is 36.4 Å². The number of alkyl halides is 3. The number of nitro groups is 1.